The largest absolute Gasteiger partial charge is 0.760 e. The van der Waals surface area contributed by atoms with Crippen LogP contribution in [0.15, 0.2) is 0 Å². The van der Waals surface area contributed by atoms with Gasteiger partial charge in [-0.3, -0.25) is 4.21 Å². The van der Waals surface area contributed by atoms with Crippen LogP contribution in [0.2, 0.25) is 0 Å². The highest BCUT2D eigenvalue weighted by Crippen LogP contribution is 2.18. The van der Waals surface area contributed by atoms with Crippen molar-refractivity contribution < 1.29 is 13.9 Å². The number of rotatable bonds is 2. The van der Waals surface area contributed by atoms with Crippen LogP contribution in [0.25, 0.3) is 0 Å². The van der Waals surface area contributed by atoms with Gasteiger partial charge in [-0.25, -0.2) is 4.72 Å². The fourth-order valence-corrected chi connectivity index (χ4v) is 1.84. The van der Waals surface area contributed by atoms with Gasteiger partial charge in [-0.1, -0.05) is 0 Å². The maximum absolute atomic E-state index is 10.2. The van der Waals surface area contributed by atoms with Gasteiger partial charge < -0.3 is 9.66 Å². The van der Waals surface area contributed by atoms with Gasteiger partial charge >= 0.3 is 0 Å². The smallest absolute Gasteiger partial charge is 0.0541 e. The first kappa shape index (κ1) is 9.12. The SMILES string of the molecule is O=S([O-])NC1CCC(O)CC1. The lowest BCUT2D eigenvalue weighted by atomic mass is 9.94. The molecule has 0 aromatic heterocycles. The van der Waals surface area contributed by atoms with E-state index in [0.29, 0.717) is 12.8 Å². The molecule has 0 spiro atoms. The summed E-state index contributed by atoms with van der Waals surface area (Å²) >= 11 is -2.16. The Morgan fingerprint density at radius 3 is 2.36 bits per heavy atom. The Hall–Kier alpha value is 0.0300. The Balaban J connectivity index is 2.22. The van der Waals surface area contributed by atoms with Crippen LogP contribution in [-0.4, -0.2) is 26.0 Å². The summed E-state index contributed by atoms with van der Waals surface area (Å²) < 4.78 is 22.8. The molecule has 0 radical (unpaired) electrons. The summed E-state index contributed by atoms with van der Waals surface area (Å²) in [5.74, 6) is 0. The van der Waals surface area contributed by atoms with E-state index in [2.05, 4.69) is 4.72 Å². The summed E-state index contributed by atoms with van der Waals surface area (Å²) in [5.41, 5.74) is 0. The minimum Gasteiger partial charge on any atom is -0.760 e. The molecule has 1 aliphatic carbocycles. The number of hydrogen-bond donors (Lipinski definition) is 2. The number of nitrogens with one attached hydrogen (secondary N) is 1. The fourth-order valence-electron chi connectivity index (χ4n) is 1.33. The van der Waals surface area contributed by atoms with E-state index in [1.54, 1.807) is 0 Å². The molecule has 1 fully saturated rings. The van der Waals surface area contributed by atoms with E-state index >= 15 is 0 Å². The van der Waals surface area contributed by atoms with Gasteiger partial charge in [0.1, 0.15) is 0 Å². The quantitative estimate of drug-likeness (QED) is 0.569. The molecule has 2 N–H and O–H groups in total. The molecule has 1 unspecified atom stereocenters. The maximum Gasteiger partial charge on any atom is 0.0541 e. The molecule has 0 aromatic carbocycles. The molecule has 1 aliphatic rings. The summed E-state index contributed by atoms with van der Waals surface area (Å²) in [6.07, 6.45) is 2.67. The minimum atomic E-state index is -2.16. The summed E-state index contributed by atoms with van der Waals surface area (Å²) in [6.45, 7) is 0. The molecular formula is C6H12NO3S-. The van der Waals surface area contributed by atoms with Crippen molar-refractivity contribution in [3.63, 3.8) is 0 Å². The summed E-state index contributed by atoms with van der Waals surface area (Å²) in [6, 6.07) is 0.0386. The van der Waals surface area contributed by atoms with Crippen molar-refractivity contribution in [3.8, 4) is 0 Å². The van der Waals surface area contributed by atoms with Crippen LogP contribution in [0.3, 0.4) is 0 Å². The first-order chi connectivity index (χ1) is 5.18. The molecule has 0 aromatic rings. The molecular weight excluding hydrogens is 166 g/mol. The Bertz CT molecular complexity index is 145. The molecule has 0 saturated heterocycles. The third kappa shape index (κ3) is 3.29. The fraction of sp³-hybridized carbons (Fsp3) is 1.00. The van der Waals surface area contributed by atoms with E-state index in [1.807, 2.05) is 0 Å². The second kappa shape index (κ2) is 4.15. The first-order valence-corrected chi connectivity index (χ1v) is 4.79. The Kier molecular flexibility index (Phi) is 3.45. The lowest BCUT2D eigenvalue weighted by Crippen LogP contribution is -2.35. The topological polar surface area (TPSA) is 72.4 Å². The predicted molar refractivity (Wildman–Crippen MR) is 40.3 cm³/mol. The minimum absolute atomic E-state index is 0.0386. The first-order valence-electron chi connectivity index (χ1n) is 3.72. The van der Waals surface area contributed by atoms with Crippen molar-refractivity contribution in [2.45, 2.75) is 37.8 Å². The van der Waals surface area contributed by atoms with Crippen molar-refractivity contribution >= 4 is 11.3 Å². The number of aliphatic hydroxyl groups is 1. The molecule has 0 bridgehead atoms. The highest BCUT2D eigenvalue weighted by Gasteiger charge is 2.18. The van der Waals surface area contributed by atoms with Gasteiger partial charge in [0.15, 0.2) is 0 Å². The van der Waals surface area contributed by atoms with Crippen molar-refractivity contribution in [2.24, 2.45) is 0 Å². The molecule has 0 aliphatic heterocycles. The molecule has 4 nitrogen and oxygen atoms in total. The van der Waals surface area contributed by atoms with Crippen LogP contribution in [0.4, 0.5) is 0 Å². The molecule has 1 rings (SSSR count). The highest BCUT2D eigenvalue weighted by atomic mass is 32.2. The highest BCUT2D eigenvalue weighted by molar-refractivity contribution is 7.77. The van der Waals surface area contributed by atoms with Crippen LogP contribution >= 0.6 is 0 Å². The normalized spacial score (nSPS) is 35.1. The standard InChI is InChI=1S/C6H13NO3S/c8-6-3-1-5(2-4-6)7-11(9)10/h5-8H,1-4H2,(H,9,10)/p-1. The zero-order chi connectivity index (χ0) is 8.27. The molecule has 11 heavy (non-hydrogen) atoms. The number of aliphatic hydroxyl groups excluding tert-OH is 1. The average molecular weight is 178 g/mol. The Morgan fingerprint density at radius 1 is 1.36 bits per heavy atom. The predicted octanol–water partition coefficient (Wildman–Crippen LogP) is -0.326. The summed E-state index contributed by atoms with van der Waals surface area (Å²) in [4.78, 5) is 0. The third-order valence-corrected chi connectivity index (χ3v) is 2.49. The van der Waals surface area contributed by atoms with E-state index in [4.69, 9.17) is 5.11 Å². The van der Waals surface area contributed by atoms with Gasteiger partial charge in [-0.05, 0) is 25.7 Å². The summed E-state index contributed by atoms with van der Waals surface area (Å²) in [5, 5.41) is 9.08. The molecule has 0 amide bonds. The molecule has 5 heteroatoms. The van der Waals surface area contributed by atoms with Crippen LogP contribution in [0, 0.1) is 0 Å². The Labute approximate surface area is 68.4 Å². The lowest BCUT2D eigenvalue weighted by molar-refractivity contribution is 0.120. The van der Waals surface area contributed by atoms with Crippen LogP contribution in [0.5, 0.6) is 0 Å². The van der Waals surface area contributed by atoms with Crippen LogP contribution in [-0.2, 0) is 11.3 Å². The molecule has 1 saturated carbocycles. The van der Waals surface area contributed by atoms with Gasteiger partial charge in [-0.15, -0.1) is 0 Å². The van der Waals surface area contributed by atoms with Crippen molar-refractivity contribution in [2.75, 3.05) is 0 Å². The number of hydrogen-bond acceptors (Lipinski definition) is 3. The van der Waals surface area contributed by atoms with Gasteiger partial charge in [0.2, 0.25) is 0 Å². The van der Waals surface area contributed by atoms with Crippen LogP contribution < -0.4 is 4.72 Å². The van der Waals surface area contributed by atoms with Crippen molar-refractivity contribution in [1.82, 2.24) is 4.72 Å². The average Bonchev–Trinajstić information content (AvgIpc) is 1.93. The van der Waals surface area contributed by atoms with Crippen molar-refractivity contribution in [3.05, 3.63) is 0 Å². The van der Waals surface area contributed by atoms with E-state index in [9.17, 15) is 8.76 Å². The maximum atomic E-state index is 10.2. The molecule has 0 heterocycles. The monoisotopic (exact) mass is 178 g/mol. The molecule has 1 atom stereocenters. The zero-order valence-electron chi connectivity index (χ0n) is 6.16. The second-order valence-corrected chi connectivity index (χ2v) is 3.56. The van der Waals surface area contributed by atoms with Gasteiger partial charge in [0.25, 0.3) is 0 Å². The zero-order valence-corrected chi connectivity index (χ0v) is 6.97. The second-order valence-electron chi connectivity index (χ2n) is 2.86. The van der Waals surface area contributed by atoms with E-state index in [1.165, 1.54) is 0 Å². The van der Waals surface area contributed by atoms with Gasteiger partial charge in [-0.2, -0.15) is 0 Å². The molecule has 66 valence electrons. The van der Waals surface area contributed by atoms with E-state index in [0.717, 1.165) is 12.8 Å². The third-order valence-electron chi connectivity index (χ3n) is 1.96. The van der Waals surface area contributed by atoms with Gasteiger partial charge in [0.05, 0.1) is 6.10 Å². The Morgan fingerprint density at radius 2 is 1.91 bits per heavy atom. The van der Waals surface area contributed by atoms with Crippen LogP contribution in [0.1, 0.15) is 25.7 Å². The summed E-state index contributed by atoms with van der Waals surface area (Å²) in [7, 11) is 0. The van der Waals surface area contributed by atoms with E-state index in [-0.39, 0.29) is 12.1 Å². The van der Waals surface area contributed by atoms with Gasteiger partial charge in [0, 0.05) is 17.3 Å². The lowest BCUT2D eigenvalue weighted by Gasteiger charge is -2.26. The van der Waals surface area contributed by atoms with Crippen molar-refractivity contribution in [1.29, 1.82) is 0 Å². The van der Waals surface area contributed by atoms with E-state index < -0.39 is 11.3 Å².